The number of aliphatic hydroxyl groups is 2. The van der Waals surface area contributed by atoms with E-state index in [0.717, 1.165) is 13.3 Å². The fourth-order valence-corrected chi connectivity index (χ4v) is 2.90. The number of hydrogen-bond donors (Lipinski definition) is 3. The molecule has 0 radical (unpaired) electrons. The van der Waals surface area contributed by atoms with Crippen LogP contribution in [0.25, 0.3) is 10.4 Å². The van der Waals surface area contributed by atoms with Gasteiger partial charge in [-0.3, -0.25) is 9.36 Å². The number of ether oxygens (including phenoxy) is 3. The zero-order chi connectivity index (χ0) is 23.2. The van der Waals surface area contributed by atoms with E-state index in [-0.39, 0.29) is 18.7 Å². The summed E-state index contributed by atoms with van der Waals surface area (Å²) in [6.07, 6.45) is -5.05. The van der Waals surface area contributed by atoms with Gasteiger partial charge in [0.1, 0.15) is 18.0 Å². The Hall–Kier alpha value is -3.26. The van der Waals surface area contributed by atoms with Crippen LogP contribution in [0.3, 0.4) is 0 Å². The normalized spacial score (nSPS) is 25.9. The number of nitrogens with zero attached hydrogens (tertiary/aromatic N) is 5. The van der Waals surface area contributed by atoms with Gasteiger partial charge in [-0.2, -0.15) is 4.98 Å². The zero-order valence-corrected chi connectivity index (χ0v) is 16.5. The van der Waals surface area contributed by atoms with E-state index in [1.54, 1.807) is 0 Å². The summed E-state index contributed by atoms with van der Waals surface area (Å²) in [6.45, 7) is -1.03. The fourth-order valence-electron chi connectivity index (χ4n) is 2.90. The molecule has 2 heterocycles. The van der Waals surface area contributed by atoms with Gasteiger partial charge < -0.3 is 29.7 Å². The van der Waals surface area contributed by atoms with Crippen molar-refractivity contribution in [3.05, 3.63) is 33.2 Å². The summed E-state index contributed by atoms with van der Waals surface area (Å²) >= 11 is 0. The molecule has 1 aromatic rings. The van der Waals surface area contributed by atoms with Crippen LogP contribution in [0.2, 0.25) is 0 Å². The molecule has 0 unspecified atom stereocenters. The largest absolute Gasteiger partial charge is 0.469 e. The number of aromatic nitrogens is 2. The number of azide groups is 1. The average molecular weight is 444 g/mol. The van der Waals surface area contributed by atoms with Crippen molar-refractivity contribution >= 4 is 17.8 Å². The van der Waals surface area contributed by atoms with Crippen LogP contribution in [0.15, 0.2) is 22.2 Å². The Bertz CT molecular complexity index is 922. The predicted octanol–water partition coefficient (Wildman–Crippen LogP) is -0.623. The maximum atomic E-state index is 14.5. The lowest BCUT2D eigenvalue weighted by Gasteiger charge is -2.23. The highest BCUT2D eigenvalue weighted by molar-refractivity contribution is 5.80. The van der Waals surface area contributed by atoms with Gasteiger partial charge in [-0.15, -0.1) is 0 Å². The van der Waals surface area contributed by atoms with Gasteiger partial charge in [0.2, 0.25) is 5.72 Å². The van der Waals surface area contributed by atoms with Crippen molar-refractivity contribution in [2.75, 3.05) is 26.1 Å². The van der Waals surface area contributed by atoms with Crippen LogP contribution in [0.5, 0.6) is 0 Å². The molecule has 170 valence electrons. The highest BCUT2D eigenvalue weighted by Gasteiger charge is 2.56. The monoisotopic (exact) mass is 444 g/mol. The molecule has 1 saturated heterocycles. The molecule has 0 saturated carbocycles. The van der Waals surface area contributed by atoms with Crippen molar-refractivity contribution in [1.82, 2.24) is 9.55 Å². The molecule has 3 N–H and O–H groups in total. The third-order valence-corrected chi connectivity index (χ3v) is 4.58. The molecule has 1 aliphatic rings. The van der Waals surface area contributed by atoms with Gasteiger partial charge in [-0.25, -0.2) is 14.0 Å². The molecule has 14 nitrogen and oxygen atoms in total. The third kappa shape index (κ3) is 5.08. The first-order valence-electron chi connectivity index (χ1n) is 8.90. The van der Waals surface area contributed by atoms with Gasteiger partial charge in [0, 0.05) is 17.5 Å². The first-order chi connectivity index (χ1) is 14.7. The number of carbonyl (C=O) groups is 2. The number of esters is 2. The van der Waals surface area contributed by atoms with Gasteiger partial charge in [-0.05, 0) is 18.0 Å². The van der Waals surface area contributed by atoms with Crippen molar-refractivity contribution in [2.45, 2.75) is 43.1 Å². The standard InChI is InChI=1S/C16H21FN6O8/c1-29-10(25)4-3-8(14(27)30-2)19-9-5-6-23(15(28)20-9)13-11(17)12(26)16(7-24,31-13)21-22-18/h5-6,8,11-13,24,26H,3-4,7H2,1-2H3,(H,19,20,28)/t8-,11-,12-,13+,16+/m0/s1. The first-order valence-corrected chi connectivity index (χ1v) is 8.90. The first kappa shape index (κ1) is 24.0. The molecule has 1 aliphatic heterocycles. The van der Waals surface area contributed by atoms with E-state index in [0.29, 0.717) is 4.57 Å². The van der Waals surface area contributed by atoms with Crippen molar-refractivity contribution in [1.29, 1.82) is 0 Å². The van der Waals surface area contributed by atoms with Crippen LogP contribution >= 0.6 is 0 Å². The van der Waals surface area contributed by atoms with E-state index in [4.69, 9.17) is 10.3 Å². The van der Waals surface area contributed by atoms with E-state index in [2.05, 4.69) is 29.8 Å². The van der Waals surface area contributed by atoms with Gasteiger partial charge in [0.25, 0.3) is 0 Å². The lowest BCUT2D eigenvalue weighted by molar-refractivity contribution is -0.143. The van der Waals surface area contributed by atoms with Gasteiger partial charge in [0.15, 0.2) is 12.4 Å². The van der Waals surface area contributed by atoms with Gasteiger partial charge >= 0.3 is 17.6 Å². The van der Waals surface area contributed by atoms with E-state index in [1.165, 1.54) is 13.2 Å². The lowest BCUT2D eigenvalue weighted by atomic mass is 10.1. The Morgan fingerprint density at radius 2 is 2.23 bits per heavy atom. The van der Waals surface area contributed by atoms with E-state index in [9.17, 15) is 29.0 Å². The molecule has 31 heavy (non-hydrogen) atoms. The second kappa shape index (κ2) is 10.2. The molecule has 0 spiro atoms. The topological polar surface area (TPSA) is 198 Å². The summed E-state index contributed by atoms with van der Waals surface area (Å²) in [5.41, 5.74) is 5.26. The molecule has 15 heteroatoms. The Morgan fingerprint density at radius 1 is 1.52 bits per heavy atom. The van der Waals surface area contributed by atoms with Crippen LogP contribution in [0.1, 0.15) is 19.1 Å². The number of nitrogens with one attached hydrogen (secondary N) is 1. The molecule has 0 aliphatic carbocycles. The van der Waals surface area contributed by atoms with E-state index in [1.807, 2.05) is 0 Å². The summed E-state index contributed by atoms with van der Waals surface area (Å²) in [6, 6.07) is 0.182. The highest BCUT2D eigenvalue weighted by Crippen LogP contribution is 2.39. The third-order valence-electron chi connectivity index (χ3n) is 4.58. The zero-order valence-electron chi connectivity index (χ0n) is 16.5. The maximum Gasteiger partial charge on any atom is 0.351 e. The minimum Gasteiger partial charge on any atom is -0.469 e. The minimum absolute atomic E-state index is 0.0141. The number of halogens is 1. The number of hydrogen-bond acceptors (Lipinski definition) is 11. The number of alkyl halides is 1. The summed E-state index contributed by atoms with van der Waals surface area (Å²) in [5.74, 6) is -1.36. The smallest absolute Gasteiger partial charge is 0.351 e. The SMILES string of the molecule is COC(=O)CC[C@H](Nc1ccn([C@@H]2O[C@@](CO)(N=[N+]=[N-])[C@@H](O)[C@@H]2F)c(=O)n1)C(=O)OC. The Balaban J connectivity index is 2.24. The summed E-state index contributed by atoms with van der Waals surface area (Å²) in [5, 5.41) is 25.1. The summed E-state index contributed by atoms with van der Waals surface area (Å²) in [7, 11) is 2.33. The number of carbonyl (C=O) groups excluding carboxylic acids is 2. The highest BCUT2D eigenvalue weighted by atomic mass is 19.1. The fraction of sp³-hybridized carbons (Fsp3) is 0.625. The number of aliphatic hydroxyl groups excluding tert-OH is 2. The average Bonchev–Trinajstić information content (AvgIpc) is 3.01. The summed E-state index contributed by atoms with van der Waals surface area (Å²) in [4.78, 5) is 41.7. The van der Waals surface area contributed by atoms with Crippen LogP contribution in [-0.4, -0.2) is 76.6 Å². The number of rotatable bonds is 9. The predicted molar refractivity (Wildman–Crippen MR) is 99.2 cm³/mol. The molecule has 1 fully saturated rings. The molecule has 1 aromatic heterocycles. The van der Waals surface area contributed by atoms with Crippen molar-refractivity contribution in [2.24, 2.45) is 5.11 Å². The number of anilines is 1. The van der Waals surface area contributed by atoms with Crippen LogP contribution in [0, 0.1) is 0 Å². The summed E-state index contributed by atoms with van der Waals surface area (Å²) < 4.78 is 29.6. The van der Waals surface area contributed by atoms with Crippen molar-refractivity contribution in [3.63, 3.8) is 0 Å². The second-order valence-corrected chi connectivity index (χ2v) is 6.43. The quantitative estimate of drug-likeness (QED) is 0.191. The second-order valence-electron chi connectivity index (χ2n) is 6.43. The van der Waals surface area contributed by atoms with Crippen LogP contribution < -0.4 is 11.0 Å². The molecular formula is C16H21FN6O8. The van der Waals surface area contributed by atoms with Crippen LogP contribution in [-0.2, 0) is 23.8 Å². The Morgan fingerprint density at radius 3 is 2.77 bits per heavy atom. The van der Waals surface area contributed by atoms with Crippen molar-refractivity contribution < 1.29 is 38.4 Å². The Kier molecular flexibility index (Phi) is 7.88. The van der Waals surface area contributed by atoms with E-state index >= 15 is 0 Å². The number of methoxy groups -OCH3 is 2. The molecule has 0 amide bonds. The molecule has 0 aromatic carbocycles. The molecular weight excluding hydrogens is 423 g/mol. The maximum absolute atomic E-state index is 14.5. The Labute approximate surface area is 174 Å². The molecule has 5 atom stereocenters. The van der Waals surface area contributed by atoms with Gasteiger partial charge in [0.05, 0.1) is 20.8 Å². The minimum atomic E-state index is -2.31. The molecule has 2 rings (SSSR count). The van der Waals surface area contributed by atoms with Gasteiger partial charge in [-0.1, -0.05) is 5.11 Å². The van der Waals surface area contributed by atoms with Crippen molar-refractivity contribution in [3.8, 4) is 0 Å². The van der Waals surface area contributed by atoms with Crippen LogP contribution in [0.4, 0.5) is 10.2 Å². The molecule has 0 bridgehead atoms. The van der Waals surface area contributed by atoms with E-state index < -0.39 is 54.5 Å². The lowest BCUT2D eigenvalue weighted by Crippen LogP contribution is -2.43.